The van der Waals surface area contributed by atoms with E-state index in [2.05, 4.69) is 21.7 Å². The Morgan fingerprint density at radius 2 is 2.09 bits per heavy atom. The molecule has 4 nitrogen and oxygen atoms in total. The Hall–Kier alpha value is -1.88. The number of thiophene rings is 1. The van der Waals surface area contributed by atoms with Crippen LogP contribution in [0.15, 0.2) is 35.8 Å². The standard InChI is InChI=1S/C17H21N3OS/c21-17(20-14-7-2-1-3-8-14)19-12-13-6-4-10-18-16(13)15-9-5-11-22-15/h4-6,9-11,14H,1-3,7-8,12H2,(H2,19,20,21). The highest BCUT2D eigenvalue weighted by Crippen LogP contribution is 2.25. The number of pyridine rings is 1. The largest absolute Gasteiger partial charge is 0.335 e. The first-order valence-electron chi connectivity index (χ1n) is 7.85. The first-order valence-corrected chi connectivity index (χ1v) is 8.73. The topological polar surface area (TPSA) is 54.0 Å². The summed E-state index contributed by atoms with van der Waals surface area (Å²) in [5, 5.41) is 8.08. The minimum absolute atomic E-state index is 0.0760. The van der Waals surface area contributed by atoms with Gasteiger partial charge in [0, 0.05) is 18.8 Å². The monoisotopic (exact) mass is 315 g/mol. The van der Waals surface area contributed by atoms with Crippen molar-refractivity contribution in [3.8, 4) is 10.6 Å². The Bertz CT molecular complexity index is 606. The van der Waals surface area contributed by atoms with Crippen molar-refractivity contribution in [2.45, 2.75) is 44.7 Å². The maximum Gasteiger partial charge on any atom is 0.315 e. The second-order valence-corrected chi connectivity index (χ2v) is 6.60. The summed E-state index contributed by atoms with van der Waals surface area (Å²) >= 11 is 1.66. The quantitative estimate of drug-likeness (QED) is 0.898. The van der Waals surface area contributed by atoms with Crippen LogP contribution in [-0.4, -0.2) is 17.1 Å². The van der Waals surface area contributed by atoms with Crippen molar-refractivity contribution >= 4 is 17.4 Å². The van der Waals surface area contributed by atoms with Crippen LogP contribution in [-0.2, 0) is 6.54 Å². The van der Waals surface area contributed by atoms with E-state index in [0.29, 0.717) is 12.6 Å². The lowest BCUT2D eigenvalue weighted by molar-refractivity contribution is 0.232. The van der Waals surface area contributed by atoms with Gasteiger partial charge in [-0.3, -0.25) is 4.98 Å². The maximum atomic E-state index is 12.0. The molecule has 0 atom stereocenters. The van der Waals surface area contributed by atoms with Gasteiger partial charge in [-0.1, -0.05) is 31.4 Å². The predicted octanol–water partition coefficient (Wildman–Crippen LogP) is 3.94. The molecule has 2 N–H and O–H groups in total. The Morgan fingerprint density at radius 1 is 1.23 bits per heavy atom. The third-order valence-corrected chi connectivity index (χ3v) is 4.90. The van der Waals surface area contributed by atoms with Crippen molar-refractivity contribution in [1.29, 1.82) is 0 Å². The van der Waals surface area contributed by atoms with Crippen LogP contribution >= 0.6 is 11.3 Å². The van der Waals surface area contributed by atoms with E-state index in [1.807, 2.05) is 23.6 Å². The summed E-state index contributed by atoms with van der Waals surface area (Å²) in [5.41, 5.74) is 2.00. The highest BCUT2D eigenvalue weighted by molar-refractivity contribution is 7.13. The van der Waals surface area contributed by atoms with Gasteiger partial charge < -0.3 is 10.6 Å². The Morgan fingerprint density at radius 3 is 2.86 bits per heavy atom. The Balaban J connectivity index is 1.58. The third kappa shape index (κ3) is 3.85. The van der Waals surface area contributed by atoms with Crippen LogP contribution in [0.1, 0.15) is 37.7 Å². The number of hydrogen-bond donors (Lipinski definition) is 2. The molecule has 0 aromatic carbocycles. The van der Waals surface area contributed by atoms with Gasteiger partial charge in [-0.2, -0.15) is 0 Å². The molecule has 2 heterocycles. The van der Waals surface area contributed by atoms with Gasteiger partial charge in [0.2, 0.25) is 0 Å². The molecule has 22 heavy (non-hydrogen) atoms. The van der Waals surface area contributed by atoms with Gasteiger partial charge in [-0.25, -0.2) is 4.79 Å². The molecule has 5 heteroatoms. The van der Waals surface area contributed by atoms with Crippen molar-refractivity contribution in [3.63, 3.8) is 0 Å². The molecule has 2 aromatic heterocycles. The highest BCUT2D eigenvalue weighted by Gasteiger charge is 2.15. The summed E-state index contributed by atoms with van der Waals surface area (Å²) in [5.74, 6) is 0. The molecule has 1 aliphatic carbocycles. The van der Waals surface area contributed by atoms with E-state index in [0.717, 1.165) is 29.0 Å². The van der Waals surface area contributed by atoms with Crippen molar-refractivity contribution in [3.05, 3.63) is 41.4 Å². The van der Waals surface area contributed by atoms with Crippen molar-refractivity contribution in [2.75, 3.05) is 0 Å². The minimum atomic E-state index is -0.0760. The Labute approximate surface area is 135 Å². The molecule has 0 spiro atoms. The van der Waals surface area contributed by atoms with Gasteiger partial charge in [0.1, 0.15) is 0 Å². The van der Waals surface area contributed by atoms with E-state index in [1.54, 1.807) is 17.5 Å². The van der Waals surface area contributed by atoms with Crippen molar-refractivity contribution in [2.24, 2.45) is 0 Å². The molecule has 0 bridgehead atoms. The van der Waals surface area contributed by atoms with Gasteiger partial charge in [-0.05, 0) is 35.9 Å². The Kier molecular flexibility index (Phi) is 5.06. The number of amides is 2. The maximum absolute atomic E-state index is 12.0. The predicted molar refractivity (Wildman–Crippen MR) is 89.8 cm³/mol. The summed E-state index contributed by atoms with van der Waals surface area (Å²) in [6, 6.07) is 8.25. The number of nitrogens with zero attached hydrogens (tertiary/aromatic N) is 1. The van der Waals surface area contributed by atoms with Crippen LogP contribution in [0.25, 0.3) is 10.6 Å². The number of urea groups is 1. The van der Waals surface area contributed by atoms with Crippen molar-refractivity contribution in [1.82, 2.24) is 15.6 Å². The van der Waals surface area contributed by atoms with E-state index < -0.39 is 0 Å². The molecule has 1 aliphatic rings. The number of carbonyl (C=O) groups excluding carboxylic acids is 1. The van der Waals surface area contributed by atoms with E-state index in [1.165, 1.54) is 19.3 Å². The molecule has 0 unspecified atom stereocenters. The highest BCUT2D eigenvalue weighted by atomic mass is 32.1. The van der Waals surface area contributed by atoms with E-state index in [-0.39, 0.29) is 6.03 Å². The minimum Gasteiger partial charge on any atom is -0.335 e. The zero-order chi connectivity index (χ0) is 15.2. The number of rotatable bonds is 4. The van der Waals surface area contributed by atoms with E-state index in [9.17, 15) is 4.79 Å². The van der Waals surface area contributed by atoms with Gasteiger partial charge in [0.05, 0.1) is 10.6 Å². The van der Waals surface area contributed by atoms with Gasteiger partial charge in [-0.15, -0.1) is 11.3 Å². The zero-order valence-corrected chi connectivity index (χ0v) is 13.4. The fourth-order valence-corrected chi connectivity index (χ4v) is 3.63. The molecule has 3 rings (SSSR count). The average Bonchev–Trinajstić information content (AvgIpc) is 3.08. The van der Waals surface area contributed by atoms with Crippen LogP contribution in [0.2, 0.25) is 0 Å². The molecular formula is C17H21N3OS. The van der Waals surface area contributed by atoms with Crippen molar-refractivity contribution < 1.29 is 4.79 Å². The second kappa shape index (κ2) is 7.40. The molecule has 116 valence electrons. The molecule has 0 saturated heterocycles. The number of carbonyl (C=O) groups is 1. The lowest BCUT2D eigenvalue weighted by Crippen LogP contribution is -2.42. The van der Waals surface area contributed by atoms with Gasteiger partial charge >= 0.3 is 6.03 Å². The molecule has 1 fully saturated rings. The first kappa shape index (κ1) is 15.0. The van der Waals surface area contributed by atoms with Crippen LogP contribution in [0.4, 0.5) is 4.79 Å². The lowest BCUT2D eigenvalue weighted by Gasteiger charge is -2.23. The second-order valence-electron chi connectivity index (χ2n) is 5.65. The van der Waals surface area contributed by atoms with Gasteiger partial charge in [0.15, 0.2) is 0 Å². The molecule has 0 aliphatic heterocycles. The SMILES string of the molecule is O=C(NCc1cccnc1-c1cccs1)NC1CCCCC1. The number of hydrogen-bond acceptors (Lipinski definition) is 3. The van der Waals surface area contributed by atoms with Crippen LogP contribution in [0.5, 0.6) is 0 Å². The zero-order valence-electron chi connectivity index (χ0n) is 12.5. The summed E-state index contributed by atoms with van der Waals surface area (Å²) < 4.78 is 0. The van der Waals surface area contributed by atoms with Gasteiger partial charge in [0.25, 0.3) is 0 Å². The van der Waals surface area contributed by atoms with E-state index >= 15 is 0 Å². The number of nitrogens with one attached hydrogen (secondary N) is 2. The smallest absolute Gasteiger partial charge is 0.315 e. The molecule has 2 amide bonds. The summed E-state index contributed by atoms with van der Waals surface area (Å²) in [7, 11) is 0. The molecular weight excluding hydrogens is 294 g/mol. The first-order chi connectivity index (χ1) is 10.8. The van der Waals surface area contributed by atoms with Crippen LogP contribution in [0, 0.1) is 0 Å². The third-order valence-electron chi connectivity index (χ3n) is 4.03. The number of aromatic nitrogens is 1. The summed E-state index contributed by atoms with van der Waals surface area (Å²) in [4.78, 5) is 17.6. The van der Waals surface area contributed by atoms with Crippen LogP contribution in [0.3, 0.4) is 0 Å². The van der Waals surface area contributed by atoms with Crippen LogP contribution < -0.4 is 10.6 Å². The lowest BCUT2D eigenvalue weighted by atomic mass is 9.96. The average molecular weight is 315 g/mol. The molecule has 1 saturated carbocycles. The summed E-state index contributed by atoms with van der Waals surface area (Å²) in [6.07, 6.45) is 7.72. The fraction of sp³-hybridized carbons (Fsp3) is 0.412. The normalized spacial score (nSPS) is 15.5. The molecule has 2 aromatic rings. The summed E-state index contributed by atoms with van der Waals surface area (Å²) in [6.45, 7) is 0.500. The fourth-order valence-electron chi connectivity index (χ4n) is 2.88. The molecule has 0 radical (unpaired) electrons. The van der Waals surface area contributed by atoms with E-state index in [4.69, 9.17) is 0 Å².